The van der Waals surface area contributed by atoms with Crippen molar-refractivity contribution in [2.24, 2.45) is 0 Å². The number of alkyl halides is 1. The van der Waals surface area contributed by atoms with Crippen LogP contribution in [0.15, 0.2) is 42.5 Å². The van der Waals surface area contributed by atoms with Gasteiger partial charge in [-0.2, -0.15) is 0 Å². The summed E-state index contributed by atoms with van der Waals surface area (Å²) < 4.78 is 32.7. The second-order valence-corrected chi connectivity index (χ2v) is 5.51. The lowest BCUT2D eigenvalue weighted by molar-refractivity contribution is 0.328. The molecule has 0 saturated carbocycles. The van der Waals surface area contributed by atoms with Crippen LogP contribution in [0.1, 0.15) is 21.9 Å². The van der Waals surface area contributed by atoms with Crippen molar-refractivity contribution in [3.05, 3.63) is 65.2 Å². The second kappa shape index (κ2) is 4.93. The Morgan fingerprint density at radius 1 is 1.16 bits per heavy atom. The monoisotopic (exact) mass is 324 g/mol. The molecule has 98 valence electrons. The van der Waals surface area contributed by atoms with Crippen LogP contribution in [-0.2, 0) is 0 Å². The molecular formula is C15H11BrF2O. The molecule has 2 unspecified atom stereocenters. The fraction of sp³-hybridized carbons (Fsp3) is 0.200. The van der Waals surface area contributed by atoms with Crippen LogP contribution in [0.25, 0.3) is 0 Å². The van der Waals surface area contributed by atoms with Crippen molar-refractivity contribution >= 4 is 15.9 Å². The topological polar surface area (TPSA) is 9.23 Å². The van der Waals surface area contributed by atoms with E-state index in [9.17, 15) is 8.78 Å². The van der Waals surface area contributed by atoms with Crippen LogP contribution < -0.4 is 4.74 Å². The molecule has 3 rings (SSSR count). The number of hydrogen-bond donors (Lipinski definition) is 0. The summed E-state index contributed by atoms with van der Waals surface area (Å²) in [5.74, 6) is -0.0537. The number of hydrogen-bond acceptors (Lipinski definition) is 1. The van der Waals surface area contributed by atoms with Gasteiger partial charge < -0.3 is 4.74 Å². The lowest BCUT2D eigenvalue weighted by atomic mass is 9.93. The summed E-state index contributed by atoms with van der Waals surface area (Å²) in [6.45, 7) is 0.464. The normalized spacial score (nSPS) is 18.8. The first-order chi connectivity index (χ1) is 9.16. The van der Waals surface area contributed by atoms with Gasteiger partial charge in [0.05, 0.1) is 11.4 Å². The molecule has 0 N–H and O–H groups in total. The van der Waals surface area contributed by atoms with Gasteiger partial charge in [0.25, 0.3) is 0 Å². The van der Waals surface area contributed by atoms with Crippen LogP contribution in [0.4, 0.5) is 8.78 Å². The maximum atomic E-state index is 13.8. The predicted octanol–water partition coefficient (Wildman–Crippen LogP) is 4.58. The third-order valence-electron chi connectivity index (χ3n) is 3.35. The summed E-state index contributed by atoms with van der Waals surface area (Å²) in [7, 11) is 0. The van der Waals surface area contributed by atoms with Gasteiger partial charge in [-0.3, -0.25) is 0 Å². The third-order valence-corrected chi connectivity index (χ3v) is 4.48. The second-order valence-electron chi connectivity index (χ2n) is 4.52. The highest BCUT2D eigenvalue weighted by atomic mass is 79.9. The quantitative estimate of drug-likeness (QED) is 0.735. The van der Waals surface area contributed by atoms with Crippen molar-refractivity contribution < 1.29 is 13.5 Å². The maximum absolute atomic E-state index is 13.8. The summed E-state index contributed by atoms with van der Waals surface area (Å²) in [5, 5.41) is 0. The summed E-state index contributed by atoms with van der Waals surface area (Å²) >= 11 is 3.48. The molecule has 0 saturated heterocycles. The zero-order valence-electron chi connectivity index (χ0n) is 9.95. The lowest BCUT2D eigenvalue weighted by Gasteiger charge is -2.17. The summed E-state index contributed by atoms with van der Waals surface area (Å²) in [5.41, 5.74) is 1.35. The number of benzene rings is 2. The Morgan fingerprint density at radius 3 is 2.79 bits per heavy atom. The fourth-order valence-corrected chi connectivity index (χ4v) is 3.16. The molecule has 1 nitrogen and oxygen atoms in total. The van der Waals surface area contributed by atoms with Crippen molar-refractivity contribution in [3.63, 3.8) is 0 Å². The number of rotatable bonds is 2. The molecule has 1 heterocycles. The number of para-hydroxylation sites is 1. The highest BCUT2D eigenvalue weighted by Crippen LogP contribution is 2.45. The SMILES string of the molecule is Fc1ccc(F)c(C(Br)C2COc3ccccc32)c1. The summed E-state index contributed by atoms with van der Waals surface area (Å²) in [4.78, 5) is -0.313. The molecule has 0 amide bonds. The van der Waals surface area contributed by atoms with Gasteiger partial charge in [0.2, 0.25) is 0 Å². The van der Waals surface area contributed by atoms with Crippen molar-refractivity contribution in [2.75, 3.05) is 6.61 Å². The molecule has 0 spiro atoms. The average Bonchev–Trinajstić information content (AvgIpc) is 2.84. The Hall–Kier alpha value is -1.42. The van der Waals surface area contributed by atoms with E-state index in [2.05, 4.69) is 15.9 Å². The van der Waals surface area contributed by atoms with E-state index < -0.39 is 11.6 Å². The molecule has 1 aliphatic rings. The zero-order valence-corrected chi connectivity index (χ0v) is 11.5. The average molecular weight is 325 g/mol. The smallest absolute Gasteiger partial charge is 0.127 e. The van der Waals surface area contributed by atoms with Crippen molar-refractivity contribution in [1.29, 1.82) is 0 Å². The van der Waals surface area contributed by atoms with E-state index in [0.717, 1.165) is 23.4 Å². The van der Waals surface area contributed by atoms with E-state index in [1.165, 1.54) is 6.07 Å². The summed E-state index contributed by atoms with van der Waals surface area (Å²) in [6.07, 6.45) is 0. The van der Waals surface area contributed by atoms with Crippen molar-refractivity contribution in [2.45, 2.75) is 10.7 Å². The predicted molar refractivity (Wildman–Crippen MR) is 72.7 cm³/mol. The van der Waals surface area contributed by atoms with Gasteiger partial charge in [-0.05, 0) is 24.3 Å². The van der Waals surface area contributed by atoms with E-state index in [1.54, 1.807) is 0 Å². The molecule has 0 fully saturated rings. The van der Waals surface area contributed by atoms with Crippen LogP contribution in [0.3, 0.4) is 0 Å². The summed E-state index contributed by atoms with van der Waals surface area (Å²) in [6, 6.07) is 11.2. The largest absolute Gasteiger partial charge is 0.493 e. The molecular weight excluding hydrogens is 314 g/mol. The Labute approximate surface area is 118 Å². The van der Waals surface area contributed by atoms with Gasteiger partial charge in [0, 0.05) is 17.0 Å². The van der Waals surface area contributed by atoms with Crippen LogP contribution in [0, 0.1) is 11.6 Å². The van der Waals surface area contributed by atoms with Crippen molar-refractivity contribution in [1.82, 2.24) is 0 Å². The van der Waals surface area contributed by atoms with Crippen LogP contribution in [0.5, 0.6) is 5.75 Å². The van der Waals surface area contributed by atoms with Gasteiger partial charge in [0.15, 0.2) is 0 Å². The van der Waals surface area contributed by atoms with Gasteiger partial charge in [-0.15, -0.1) is 0 Å². The minimum atomic E-state index is -0.437. The molecule has 1 aliphatic heterocycles. The van der Waals surface area contributed by atoms with Crippen LogP contribution >= 0.6 is 15.9 Å². The minimum Gasteiger partial charge on any atom is -0.493 e. The number of halogens is 3. The molecule has 0 radical (unpaired) electrons. The standard InChI is InChI=1S/C15H11BrF2O/c16-15(11-7-9(17)5-6-13(11)18)12-8-19-14-4-2-1-3-10(12)14/h1-7,12,15H,8H2. The minimum absolute atomic E-state index is 0.0208. The van der Waals surface area contributed by atoms with E-state index in [-0.39, 0.29) is 10.7 Å². The maximum Gasteiger partial charge on any atom is 0.127 e. The Bertz CT molecular complexity index is 615. The van der Waals surface area contributed by atoms with E-state index in [1.807, 2.05) is 24.3 Å². The molecule has 2 aromatic rings. The molecule has 19 heavy (non-hydrogen) atoms. The molecule has 2 atom stereocenters. The zero-order chi connectivity index (χ0) is 13.4. The first-order valence-electron chi connectivity index (χ1n) is 5.97. The highest BCUT2D eigenvalue weighted by molar-refractivity contribution is 9.09. The molecule has 4 heteroatoms. The van der Waals surface area contributed by atoms with Gasteiger partial charge >= 0.3 is 0 Å². The third kappa shape index (κ3) is 2.25. The highest BCUT2D eigenvalue weighted by Gasteiger charge is 2.32. The van der Waals surface area contributed by atoms with Crippen LogP contribution in [-0.4, -0.2) is 6.61 Å². The van der Waals surface area contributed by atoms with Gasteiger partial charge in [-0.25, -0.2) is 8.78 Å². The molecule has 0 aromatic heterocycles. The van der Waals surface area contributed by atoms with E-state index in [0.29, 0.717) is 12.2 Å². The first-order valence-corrected chi connectivity index (χ1v) is 6.89. The molecule has 0 bridgehead atoms. The number of fused-ring (bicyclic) bond motifs is 1. The molecule has 0 aliphatic carbocycles. The van der Waals surface area contributed by atoms with Crippen LogP contribution in [0.2, 0.25) is 0 Å². The first kappa shape index (κ1) is 12.6. The lowest BCUT2D eigenvalue weighted by Crippen LogP contribution is -2.09. The molecule has 2 aromatic carbocycles. The number of ether oxygens (including phenoxy) is 1. The van der Waals surface area contributed by atoms with E-state index >= 15 is 0 Å². The van der Waals surface area contributed by atoms with E-state index in [4.69, 9.17) is 4.74 Å². The van der Waals surface area contributed by atoms with Gasteiger partial charge in [0.1, 0.15) is 17.4 Å². The Morgan fingerprint density at radius 2 is 1.95 bits per heavy atom. The Balaban J connectivity index is 1.97. The fourth-order valence-electron chi connectivity index (χ4n) is 2.37. The van der Waals surface area contributed by atoms with Gasteiger partial charge in [-0.1, -0.05) is 34.1 Å². The van der Waals surface area contributed by atoms with Crippen molar-refractivity contribution in [3.8, 4) is 5.75 Å². The Kier molecular flexibility index (Phi) is 3.27.